The Labute approximate surface area is 221 Å². The average Bonchev–Trinajstić information content (AvgIpc) is 3.40. The fourth-order valence-corrected chi connectivity index (χ4v) is 5.46. The van der Waals surface area contributed by atoms with Crippen LogP contribution in [0, 0.1) is 0 Å². The van der Waals surface area contributed by atoms with E-state index in [-0.39, 0.29) is 11.3 Å². The molecule has 1 aliphatic rings. The van der Waals surface area contributed by atoms with Crippen LogP contribution in [0.2, 0.25) is 10.0 Å². The van der Waals surface area contributed by atoms with Gasteiger partial charge in [0.05, 0.1) is 28.4 Å². The van der Waals surface area contributed by atoms with E-state index in [4.69, 9.17) is 27.9 Å². The lowest BCUT2D eigenvalue weighted by atomic mass is 9.95. The summed E-state index contributed by atoms with van der Waals surface area (Å²) in [6.07, 6.45) is 0.865. The summed E-state index contributed by atoms with van der Waals surface area (Å²) in [4.78, 5) is 32.6. The van der Waals surface area contributed by atoms with E-state index in [1.807, 2.05) is 6.92 Å². The quantitative estimate of drug-likeness (QED) is 0.162. The van der Waals surface area contributed by atoms with E-state index in [9.17, 15) is 14.7 Å². The number of fused-ring (bicyclic) bond motifs is 1. The molecule has 0 radical (unpaired) electrons. The van der Waals surface area contributed by atoms with Crippen molar-refractivity contribution in [1.82, 2.24) is 4.98 Å². The van der Waals surface area contributed by atoms with Gasteiger partial charge in [-0.2, -0.15) is 0 Å². The zero-order valence-electron chi connectivity index (χ0n) is 19.1. The first kappa shape index (κ1) is 24.3. The van der Waals surface area contributed by atoms with Crippen molar-refractivity contribution < 1.29 is 19.4 Å². The number of amides is 1. The van der Waals surface area contributed by atoms with Crippen LogP contribution in [-0.2, 0) is 9.59 Å². The van der Waals surface area contributed by atoms with Crippen LogP contribution in [0.3, 0.4) is 0 Å². The van der Waals surface area contributed by atoms with E-state index in [2.05, 4.69) is 4.98 Å². The summed E-state index contributed by atoms with van der Waals surface area (Å²) >= 11 is 13.5. The maximum Gasteiger partial charge on any atom is 0.301 e. The standard InChI is InChI=1S/C27H20Cl2N2O4S/c1-2-13-35-19-10-5-16(6-11-19)24(32)22-23(15-3-7-17(28)8-4-15)31(26(34)25(22)33)27-30-20-12-9-18(29)14-21(20)36-27/h3-12,14,23,32H,2,13H2,1H3. The molecule has 1 N–H and O–H groups in total. The molecule has 1 atom stereocenters. The van der Waals surface area contributed by atoms with Gasteiger partial charge in [-0.25, -0.2) is 4.98 Å². The summed E-state index contributed by atoms with van der Waals surface area (Å²) in [5.41, 5.74) is 1.63. The lowest BCUT2D eigenvalue weighted by Gasteiger charge is -2.23. The Morgan fingerprint density at radius 3 is 2.42 bits per heavy atom. The number of ketones is 1. The molecule has 1 saturated heterocycles. The number of anilines is 1. The van der Waals surface area contributed by atoms with Gasteiger partial charge in [-0.15, -0.1) is 0 Å². The van der Waals surface area contributed by atoms with Crippen LogP contribution in [0.4, 0.5) is 5.13 Å². The molecule has 1 fully saturated rings. The molecule has 6 nitrogen and oxygen atoms in total. The SMILES string of the molecule is CCCOc1ccc(C(O)=C2C(=O)C(=O)N(c3nc4ccc(Cl)cc4s3)C2c2ccc(Cl)cc2)cc1. The molecule has 0 bridgehead atoms. The molecule has 0 saturated carbocycles. The van der Waals surface area contributed by atoms with Gasteiger partial charge in [0.25, 0.3) is 5.78 Å². The van der Waals surface area contributed by atoms with Gasteiger partial charge in [-0.1, -0.05) is 53.6 Å². The number of Topliss-reactive ketones (excluding diaryl/α,β-unsaturated/α-hetero) is 1. The number of carbonyl (C=O) groups is 2. The Kier molecular flexibility index (Phi) is 6.71. The van der Waals surface area contributed by atoms with Gasteiger partial charge in [0.15, 0.2) is 5.13 Å². The smallest absolute Gasteiger partial charge is 0.301 e. The summed E-state index contributed by atoms with van der Waals surface area (Å²) in [7, 11) is 0. The highest BCUT2D eigenvalue weighted by Crippen LogP contribution is 2.44. The molecular weight excluding hydrogens is 519 g/mol. The van der Waals surface area contributed by atoms with Crippen LogP contribution in [0.1, 0.15) is 30.5 Å². The molecule has 182 valence electrons. The molecule has 0 spiro atoms. The van der Waals surface area contributed by atoms with Crippen LogP contribution < -0.4 is 9.64 Å². The number of thiazole rings is 1. The Bertz CT molecular complexity index is 1500. The summed E-state index contributed by atoms with van der Waals surface area (Å²) in [6, 6.07) is 17.9. The first-order valence-electron chi connectivity index (χ1n) is 11.2. The van der Waals surface area contributed by atoms with Crippen LogP contribution in [0.25, 0.3) is 16.0 Å². The predicted molar refractivity (Wildman–Crippen MR) is 143 cm³/mol. The lowest BCUT2D eigenvalue weighted by molar-refractivity contribution is -0.132. The maximum atomic E-state index is 13.3. The van der Waals surface area contributed by atoms with Crippen molar-refractivity contribution in [2.45, 2.75) is 19.4 Å². The number of aliphatic hydroxyl groups is 1. The zero-order valence-corrected chi connectivity index (χ0v) is 21.4. The normalized spacial score (nSPS) is 17.2. The van der Waals surface area contributed by atoms with Crippen molar-refractivity contribution in [2.75, 3.05) is 11.5 Å². The Morgan fingerprint density at radius 2 is 1.72 bits per heavy atom. The summed E-state index contributed by atoms with van der Waals surface area (Å²) in [5.74, 6) is -1.20. The molecule has 4 aromatic rings. The second kappa shape index (κ2) is 9.93. The highest BCUT2D eigenvalue weighted by Gasteiger charge is 2.48. The van der Waals surface area contributed by atoms with E-state index < -0.39 is 17.7 Å². The van der Waals surface area contributed by atoms with Crippen LogP contribution in [-0.4, -0.2) is 28.4 Å². The second-order valence-corrected chi connectivity index (χ2v) is 10.1. The largest absolute Gasteiger partial charge is 0.507 e. The van der Waals surface area contributed by atoms with Crippen molar-refractivity contribution in [3.8, 4) is 5.75 Å². The van der Waals surface area contributed by atoms with Gasteiger partial charge in [-0.3, -0.25) is 14.5 Å². The predicted octanol–water partition coefficient (Wildman–Crippen LogP) is 7.02. The summed E-state index contributed by atoms with van der Waals surface area (Å²) in [5, 5.41) is 12.7. The van der Waals surface area contributed by atoms with Gasteiger partial charge in [-0.05, 0) is 66.6 Å². The molecule has 1 unspecified atom stereocenters. The van der Waals surface area contributed by atoms with Gasteiger partial charge in [0, 0.05) is 15.6 Å². The maximum absolute atomic E-state index is 13.3. The van der Waals surface area contributed by atoms with Crippen LogP contribution >= 0.6 is 34.5 Å². The fourth-order valence-electron chi connectivity index (χ4n) is 4.06. The first-order chi connectivity index (χ1) is 17.4. The molecule has 1 amide bonds. The minimum atomic E-state index is -0.894. The van der Waals surface area contributed by atoms with Crippen LogP contribution in [0.15, 0.2) is 72.3 Å². The van der Waals surface area contributed by atoms with E-state index in [0.29, 0.717) is 44.2 Å². The Balaban J connectivity index is 1.65. The average molecular weight is 539 g/mol. The molecule has 9 heteroatoms. The third-order valence-electron chi connectivity index (χ3n) is 5.78. The van der Waals surface area contributed by atoms with Crippen molar-refractivity contribution in [2.24, 2.45) is 0 Å². The first-order valence-corrected chi connectivity index (χ1v) is 12.8. The van der Waals surface area contributed by atoms with Gasteiger partial charge < -0.3 is 9.84 Å². The molecule has 1 aromatic heterocycles. The second-order valence-electron chi connectivity index (χ2n) is 8.20. The Hall–Kier alpha value is -3.39. The number of aromatic nitrogens is 1. The zero-order chi connectivity index (χ0) is 25.4. The number of rotatable bonds is 6. The summed E-state index contributed by atoms with van der Waals surface area (Å²) in [6.45, 7) is 2.58. The van der Waals surface area contributed by atoms with E-state index in [1.165, 1.54) is 16.2 Å². The minimum Gasteiger partial charge on any atom is -0.507 e. The number of hydrogen-bond acceptors (Lipinski definition) is 6. The molecule has 36 heavy (non-hydrogen) atoms. The van der Waals surface area contributed by atoms with E-state index in [0.717, 1.165) is 11.1 Å². The Morgan fingerprint density at radius 1 is 1.03 bits per heavy atom. The number of hydrogen-bond donors (Lipinski definition) is 1. The fraction of sp³-hybridized carbons (Fsp3) is 0.148. The monoisotopic (exact) mass is 538 g/mol. The number of carbonyl (C=O) groups excluding carboxylic acids is 2. The van der Waals surface area contributed by atoms with Crippen molar-refractivity contribution in [3.05, 3.63) is 93.5 Å². The highest BCUT2D eigenvalue weighted by atomic mass is 35.5. The molecular formula is C27H20Cl2N2O4S. The molecule has 5 rings (SSSR count). The highest BCUT2D eigenvalue weighted by molar-refractivity contribution is 7.22. The van der Waals surface area contributed by atoms with Gasteiger partial charge in [0.2, 0.25) is 0 Å². The molecule has 3 aromatic carbocycles. The number of nitrogens with zero attached hydrogens (tertiary/aromatic N) is 2. The number of ether oxygens (including phenoxy) is 1. The number of aliphatic hydroxyl groups excluding tert-OH is 1. The van der Waals surface area contributed by atoms with Crippen LogP contribution in [0.5, 0.6) is 5.75 Å². The number of benzene rings is 3. The third kappa shape index (κ3) is 4.46. The lowest BCUT2D eigenvalue weighted by Crippen LogP contribution is -2.29. The molecule has 1 aliphatic heterocycles. The van der Waals surface area contributed by atoms with Crippen molar-refractivity contribution >= 4 is 67.3 Å². The number of halogens is 2. The van der Waals surface area contributed by atoms with Crippen molar-refractivity contribution in [3.63, 3.8) is 0 Å². The topological polar surface area (TPSA) is 79.7 Å². The van der Waals surface area contributed by atoms with Crippen molar-refractivity contribution in [1.29, 1.82) is 0 Å². The molecule has 2 heterocycles. The summed E-state index contributed by atoms with van der Waals surface area (Å²) < 4.78 is 6.39. The minimum absolute atomic E-state index is 0.0261. The van der Waals surface area contributed by atoms with Gasteiger partial charge in [0.1, 0.15) is 11.5 Å². The third-order valence-corrected chi connectivity index (χ3v) is 7.28. The van der Waals surface area contributed by atoms with E-state index in [1.54, 1.807) is 66.7 Å². The molecule has 0 aliphatic carbocycles. The van der Waals surface area contributed by atoms with Gasteiger partial charge >= 0.3 is 5.91 Å². The van der Waals surface area contributed by atoms with E-state index >= 15 is 0 Å².